The molecule has 1 amide bonds. The topological polar surface area (TPSA) is 32.3 Å². The van der Waals surface area contributed by atoms with Crippen molar-refractivity contribution in [2.75, 3.05) is 13.1 Å². The molecule has 0 saturated carbocycles. The molecule has 0 spiro atoms. The molecule has 0 radical (unpaired) electrons. The number of hydrogen-bond donors (Lipinski definition) is 1. The van der Waals surface area contributed by atoms with Gasteiger partial charge in [-0.2, -0.15) is 0 Å². The Morgan fingerprint density at radius 1 is 1.14 bits per heavy atom. The minimum atomic E-state index is -0.0407. The van der Waals surface area contributed by atoms with Crippen LogP contribution in [-0.4, -0.2) is 29.9 Å². The fraction of sp³-hybridized carbons (Fsp3) is 0.632. The summed E-state index contributed by atoms with van der Waals surface area (Å²) >= 11 is 0. The third-order valence-electron chi connectivity index (χ3n) is 5.41. The number of rotatable bonds is 1. The molecule has 120 valence electrons. The third-order valence-corrected chi connectivity index (χ3v) is 5.41. The van der Waals surface area contributed by atoms with Gasteiger partial charge in [-0.1, -0.05) is 45.0 Å². The summed E-state index contributed by atoms with van der Waals surface area (Å²) in [5.74, 6) is 1.03. The van der Waals surface area contributed by atoms with Crippen LogP contribution in [0.15, 0.2) is 24.3 Å². The molecule has 1 fully saturated rings. The first-order valence-electron chi connectivity index (χ1n) is 8.54. The number of hydrogen-bond acceptors (Lipinski definition) is 2. The van der Waals surface area contributed by atoms with E-state index in [1.165, 1.54) is 11.1 Å². The van der Waals surface area contributed by atoms with Crippen LogP contribution in [0, 0.1) is 11.3 Å². The summed E-state index contributed by atoms with van der Waals surface area (Å²) in [6, 6.07) is 8.40. The average Bonchev–Trinajstić information content (AvgIpc) is 2.53. The van der Waals surface area contributed by atoms with Crippen molar-refractivity contribution >= 4 is 5.91 Å². The average molecular weight is 300 g/mol. The van der Waals surface area contributed by atoms with E-state index in [4.69, 9.17) is 0 Å². The van der Waals surface area contributed by atoms with Gasteiger partial charge < -0.3 is 10.2 Å². The van der Waals surface area contributed by atoms with Gasteiger partial charge in [0.05, 0.1) is 6.04 Å². The van der Waals surface area contributed by atoms with Crippen LogP contribution in [-0.2, 0) is 17.8 Å². The van der Waals surface area contributed by atoms with Crippen LogP contribution in [0.1, 0.15) is 44.7 Å². The zero-order valence-corrected chi connectivity index (χ0v) is 14.1. The van der Waals surface area contributed by atoms with E-state index in [9.17, 15) is 4.79 Å². The predicted molar refractivity (Wildman–Crippen MR) is 89.5 cm³/mol. The quantitative estimate of drug-likeness (QED) is 0.865. The first kappa shape index (κ1) is 15.5. The molecule has 2 aliphatic heterocycles. The minimum absolute atomic E-state index is 0.0407. The molecule has 0 bridgehead atoms. The van der Waals surface area contributed by atoms with Gasteiger partial charge in [-0.3, -0.25) is 4.79 Å². The molecule has 1 N–H and O–H groups in total. The zero-order chi connectivity index (χ0) is 15.7. The molecule has 0 aromatic heterocycles. The Morgan fingerprint density at radius 3 is 2.41 bits per heavy atom. The van der Waals surface area contributed by atoms with E-state index < -0.39 is 0 Å². The van der Waals surface area contributed by atoms with Gasteiger partial charge >= 0.3 is 0 Å². The largest absolute Gasteiger partial charge is 0.341 e. The second-order valence-electron chi connectivity index (χ2n) is 7.87. The number of fused-ring (bicyclic) bond motifs is 1. The summed E-state index contributed by atoms with van der Waals surface area (Å²) in [4.78, 5) is 14.9. The molecular formula is C19H28N2O. The van der Waals surface area contributed by atoms with Gasteiger partial charge in [0, 0.05) is 19.6 Å². The Hall–Kier alpha value is -1.35. The predicted octanol–water partition coefficient (Wildman–Crippen LogP) is 2.99. The van der Waals surface area contributed by atoms with E-state index in [1.807, 2.05) is 0 Å². The number of piperidine rings is 1. The van der Waals surface area contributed by atoms with E-state index in [1.54, 1.807) is 0 Å². The summed E-state index contributed by atoms with van der Waals surface area (Å²) in [5, 5.41) is 3.42. The molecule has 2 aliphatic rings. The molecule has 1 atom stereocenters. The van der Waals surface area contributed by atoms with E-state index in [2.05, 4.69) is 55.3 Å². The van der Waals surface area contributed by atoms with Gasteiger partial charge in [0.25, 0.3) is 0 Å². The maximum Gasteiger partial charge on any atom is 0.240 e. The second kappa shape index (κ2) is 6.04. The summed E-state index contributed by atoms with van der Waals surface area (Å²) in [7, 11) is 0. The number of nitrogens with zero attached hydrogens (tertiary/aromatic N) is 1. The Kier molecular flexibility index (Phi) is 4.26. The highest BCUT2D eigenvalue weighted by molar-refractivity contribution is 5.82. The lowest BCUT2D eigenvalue weighted by molar-refractivity contribution is -0.135. The van der Waals surface area contributed by atoms with Crippen molar-refractivity contribution in [3.63, 3.8) is 0 Å². The Bertz CT molecular complexity index is 539. The highest BCUT2D eigenvalue weighted by Gasteiger charge is 2.33. The molecule has 1 saturated heterocycles. The summed E-state index contributed by atoms with van der Waals surface area (Å²) in [6.07, 6.45) is 3.10. The summed E-state index contributed by atoms with van der Waals surface area (Å²) in [5.41, 5.74) is 3.01. The van der Waals surface area contributed by atoms with Crippen molar-refractivity contribution in [2.45, 2.75) is 52.6 Å². The van der Waals surface area contributed by atoms with Gasteiger partial charge in [0.1, 0.15) is 0 Å². The Morgan fingerprint density at radius 2 is 1.77 bits per heavy atom. The SMILES string of the molecule is CC(C)(C)C1CCN(C(=O)C2Cc3ccccc3CN2)CC1. The first-order valence-corrected chi connectivity index (χ1v) is 8.54. The normalized spacial score (nSPS) is 23.2. The summed E-state index contributed by atoms with van der Waals surface area (Å²) < 4.78 is 0. The van der Waals surface area contributed by atoms with E-state index in [-0.39, 0.29) is 6.04 Å². The van der Waals surface area contributed by atoms with Gasteiger partial charge in [-0.05, 0) is 41.7 Å². The minimum Gasteiger partial charge on any atom is -0.341 e. The molecule has 2 heterocycles. The molecule has 3 nitrogen and oxygen atoms in total. The van der Waals surface area contributed by atoms with Gasteiger partial charge in [-0.15, -0.1) is 0 Å². The maximum absolute atomic E-state index is 12.8. The van der Waals surface area contributed by atoms with Crippen LogP contribution in [0.2, 0.25) is 0 Å². The Balaban J connectivity index is 1.60. The van der Waals surface area contributed by atoms with Crippen LogP contribution < -0.4 is 5.32 Å². The molecule has 1 aromatic carbocycles. The lowest BCUT2D eigenvalue weighted by Gasteiger charge is -2.40. The highest BCUT2D eigenvalue weighted by atomic mass is 16.2. The smallest absolute Gasteiger partial charge is 0.240 e. The fourth-order valence-electron chi connectivity index (χ4n) is 3.82. The van der Waals surface area contributed by atoms with E-state index in [0.717, 1.165) is 44.8 Å². The molecule has 1 unspecified atom stereocenters. The number of carbonyl (C=O) groups is 1. The third kappa shape index (κ3) is 3.19. The van der Waals surface area contributed by atoms with E-state index >= 15 is 0 Å². The van der Waals surface area contributed by atoms with Crippen LogP contribution in [0.5, 0.6) is 0 Å². The molecule has 3 heteroatoms. The van der Waals surface area contributed by atoms with Crippen molar-refractivity contribution in [3.05, 3.63) is 35.4 Å². The molecule has 1 aromatic rings. The Labute approximate surface area is 134 Å². The summed E-state index contributed by atoms with van der Waals surface area (Å²) in [6.45, 7) is 9.59. The lowest BCUT2D eigenvalue weighted by Crippen LogP contribution is -2.52. The van der Waals surface area contributed by atoms with Crippen LogP contribution in [0.25, 0.3) is 0 Å². The molecule has 3 rings (SSSR count). The van der Waals surface area contributed by atoms with Crippen molar-refractivity contribution in [1.82, 2.24) is 10.2 Å². The fourth-order valence-corrected chi connectivity index (χ4v) is 3.82. The van der Waals surface area contributed by atoms with Crippen molar-refractivity contribution in [1.29, 1.82) is 0 Å². The monoisotopic (exact) mass is 300 g/mol. The standard InChI is InChI=1S/C19H28N2O/c1-19(2,3)16-8-10-21(11-9-16)18(22)17-12-14-6-4-5-7-15(14)13-20-17/h4-7,16-17,20H,8-13H2,1-3H3. The number of nitrogens with one attached hydrogen (secondary N) is 1. The van der Waals surface area contributed by atoms with Crippen molar-refractivity contribution in [2.24, 2.45) is 11.3 Å². The van der Waals surface area contributed by atoms with Crippen LogP contribution in [0.4, 0.5) is 0 Å². The van der Waals surface area contributed by atoms with Crippen molar-refractivity contribution < 1.29 is 4.79 Å². The molecule has 22 heavy (non-hydrogen) atoms. The maximum atomic E-state index is 12.8. The number of likely N-dealkylation sites (tertiary alicyclic amines) is 1. The van der Waals surface area contributed by atoms with E-state index in [0.29, 0.717) is 11.3 Å². The highest BCUT2D eigenvalue weighted by Crippen LogP contribution is 2.34. The van der Waals surface area contributed by atoms with Gasteiger partial charge in [0.15, 0.2) is 0 Å². The van der Waals surface area contributed by atoms with Crippen LogP contribution >= 0.6 is 0 Å². The zero-order valence-electron chi connectivity index (χ0n) is 14.1. The molecular weight excluding hydrogens is 272 g/mol. The van der Waals surface area contributed by atoms with Crippen molar-refractivity contribution in [3.8, 4) is 0 Å². The number of carbonyl (C=O) groups excluding carboxylic acids is 1. The lowest BCUT2D eigenvalue weighted by atomic mass is 9.75. The second-order valence-corrected chi connectivity index (χ2v) is 7.87. The first-order chi connectivity index (χ1) is 10.4. The van der Waals surface area contributed by atoms with Gasteiger partial charge in [-0.25, -0.2) is 0 Å². The van der Waals surface area contributed by atoms with Gasteiger partial charge in [0.2, 0.25) is 5.91 Å². The van der Waals surface area contributed by atoms with Crippen LogP contribution in [0.3, 0.4) is 0 Å². The number of amides is 1. The molecule has 0 aliphatic carbocycles. The number of benzene rings is 1.